The van der Waals surface area contributed by atoms with E-state index in [0.717, 1.165) is 14.8 Å². The van der Waals surface area contributed by atoms with Crippen LogP contribution < -0.4 is 4.73 Å². The molecule has 0 bridgehead atoms. The second-order valence-corrected chi connectivity index (χ2v) is 3.02. The van der Waals surface area contributed by atoms with E-state index in [0.29, 0.717) is 5.69 Å². The second kappa shape index (κ2) is 2.58. The quantitative estimate of drug-likeness (QED) is 0.464. The number of halogens is 1. The maximum Gasteiger partial charge on any atom is 0.204 e. The van der Waals surface area contributed by atoms with E-state index in [1.54, 1.807) is 13.0 Å². The number of rotatable bonds is 0. The first-order chi connectivity index (χ1) is 4.63. The Bertz CT molecular complexity index is 233. The molecule has 0 amide bonds. The molecule has 0 aromatic carbocycles. The fraction of sp³-hybridized carbons (Fsp3) is 0.286. The molecule has 1 aromatic rings. The van der Waals surface area contributed by atoms with Crippen molar-refractivity contribution in [2.24, 2.45) is 0 Å². The van der Waals surface area contributed by atoms with Gasteiger partial charge in [-0.3, -0.25) is 0 Å². The molecule has 2 nitrogen and oxygen atoms in total. The number of aromatic nitrogens is 1. The Morgan fingerprint density at radius 2 is 2.10 bits per heavy atom. The van der Waals surface area contributed by atoms with E-state index >= 15 is 0 Å². The maximum absolute atomic E-state index is 10.9. The predicted octanol–water partition coefficient (Wildman–Crippen LogP) is 1.70. The average molecular weight is 202 g/mol. The van der Waals surface area contributed by atoms with Gasteiger partial charge >= 0.3 is 0 Å². The van der Waals surface area contributed by atoms with Gasteiger partial charge in [0.05, 0.1) is 4.47 Å². The summed E-state index contributed by atoms with van der Waals surface area (Å²) in [7, 11) is 0. The highest BCUT2D eigenvalue weighted by atomic mass is 79.9. The monoisotopic (exact) mass is 201 g/mol. The van der Waals surface area contributed by atoms with Crippen LogP contribution in [0.2, 0.25) is 0 Å². The van der Waals surface area contributed by atoms with Crippen molar-refractivity contribution >= 4 is 15.9 Å². The minimum absolute atomic E-state index is 0.708. The van der Waals surface area contributed by atoms with Gasteiger partial charge in [-0.1, -0.05) is 0 Å². The van der Waals surface area contributed by atoms with Crippen molar-refractivity contribution < 1.29 is 4.73 Å². The molecule has 0 saturated heterocycles. The van der Waals surface area contributed by atoms with Gasteiger partial charge in [0.1, 0.15) is 0 Å². The number of nitrogens with zero attached hydrogens (tertiary/aromatic N) is 1. The lowest BCUT2D eigenvalue weighted by Crippen LogP contribution is -2.29. The Hall–Kier alpha value is -0.570. The van der Waals surface area contributed by atoms with Gasteiger partial charge < -0.3 is 5.21 Å². The van der Waals surface area contributed by atoms with Crippen LogP contribution in [-0.4, -0.2) is 0 Å². The zero-order chi connectivity index (χ0) is 7.72. The summed E-state index contributed by atoms with van der Waals surface area (Å²) >= 11 is 3.31. The molecule has 0 radical (unpaired) electrons. The van der Waals surface area contributed by atoms with Crippen LogP contribution >= 0.6 is 15.9 Å². The molecule has 54 valence electrons. The lowest BCUT2D eigenvalue weighted by atomic mass is 10.2. The van der Waals surface area contributed by atoms with Crippen LogP contribution in [0, 0.1) is 19.1 Å². The third-order valence-electron chi connectivity index (χ3n) is 1.45. The summed E-state index contributed by atoms with van der Waals surface area (Å²) in [5, 5.41) is 10.9. The standard InChI is InChI=1S/C7H8BrNO/c1-5-3-4-9(10)6(2)7(5)8/h3-4H,1-2H3. The molecule has 10 heavy (non-hydrogen) atoms. The van der Waals surface area contributed by atoms with Gasteiger partial charge in [-0.2, -0.15) is 4.73 Å². The first kappa shape index (κ1) is 7.54. The summed E-state index contributed by atoms with van der Waals surface area (Å²) in [6.45, 7) is 3.74. The molecular weight excluding hydrogens is 194 g/mol. The largest absolute Gasteiger partial charge is 0.618 e. The lowest BCUT2D eigenvalue weighted by Gasteiger charge is -2.02. The van der Waals surface area contributed by atoms with Crippen LogP contribution in [0.1, 0.15) is 11.3 Å². The van der Waals surface area contributed by atoms with Crippen LogP contribution in [0.15, 0.2) is 16.7 Å². The van der Waals surface area contributed by atoms with Crippen molar-refractivity contribution in [2.75, 3.05) is 0 Å². The Kier molecular flexibility index (Phi) is 1.94. The molecule has 0 aliphatic heterocycles. The number of aryl methyl sites for hydroxylation is 1. The molecule has 1 aromatic heterocycles. The molecule has 0 fully saturated rings. The Labute approximate surface area is 68.2 Å². The fourth-order valence-corrected chi connectivity index (χ4v) is 1.05. The van der Waals surface area contributed by atoms with Crippen molar-refractivity contribution in [1.29, 1.82) is 0 Å². The summed E-state index contributed by atoms with van der Waals surface area (Å²) in [5.41, 5.74) is 1.80. The molecule has 0 aliphatic carbocycles. The second-order valence-electron chi connectivity index (χ2n) is 2.22. The van der Waals surface area contributed by atoms with Gasteiger partial charge in [0.25, 0.3) is 0 Å². The van der Waals surface area contributed by atoms with Crippen molar-refractivity contribution in [3.05, 3.63) is 33.2 Å². The van der Waals surface area contributed by atoms with E-state index in [4.69, 9.17) is 0 Å². The van der Waals surface area contributed by atoms with E-state index < -0.39 is 0 Å². The van der Waals surface area contributed by atoms with E-state index in [2.05, 4.69) is 15.9 Å². The van der Waals surface area contributed by atoms with Crippen LogP contribution in [0.4, 0.5) is 0 Å². The normalized spacial score (nSPS) is 9.90. The molecule has 0 aliphatic rings. The topological polar surface area (TPSA) is 26.9 Å². The number of hydrogen-bond donors (Lipinski definition) is 0. The third kappa shape index (κ3) is 1.14. The first-order valence-electron chi connectivity index (χ1n) is 2.98. The molecule has 3 heteroatoms. The Morgan fingerprint density at radius 1 is 1.50 bits per heavy atom. The molecular formula is C7H8BrNO. The van der Waals surface area contributed by atoms with Gasteiger partial charge in [0, 0.05) is 13.0 Å². The number of pyridine rings is 1. The van der Waals surface area contributed by atoms with Crippen molar-refractivity contribution in [1.82, 2.24) is 0 Å². The molecule has 1 heterocycles. The summed E-state index contributed by atoms with van der Waals surface area (Å²) < 4.78 is 1.74. The predicted molar refractivity (Wildman–Crippen MR) is 42.6 cm³/mol. The smallest absolute Gasteiger partial charge is 0.204 e. The number of hydrogen-bond acceptors (Lipinski definition) is 1. The molecule has 1 rings (SSSR count). The van der Waals surface area contributed by atoms with Gasteiger partial charge in [-0.25, -0.2) is 0 Å². The van der Waals surface area contributed by atoms with Crippen LogP contribution in [-0.2, 0) is 0 Å². The highest BCUT2D eigenvalue weighted by Crippen LogP contribution is 2.16. The molecule has 0 spiro atoms. The average Bonchev–Trinajstić information content (AvgIpc) is 1.93. The highest BCUT2D eigenvalue weighted by Gasteiger charge is 2.05. The van der Waals surface area contributed by atoms with Gasteiger partial charge in [0.15, 0.2) is 6.20 Å². The maximum atomic E-state index is 10.9. The van der Waals surface area contributed by atoms with Gasteiger partial charge in [-0.15, -0.1) is 0 Å². The van der Waals surface area contributed by atoms with Crippen LogP contribution in [0.5, 0.6) is 0 Å². The summed E-state index contributed by atoms with van der Waals surface area (Å²) in [5.74, 6) is 0. The summed E-state index contributed by atoms with van der Waals surface area (Å²) in [4.78, 5) is 0. The zero-order valence-corrected chi connectivity index (χ0v) is 7.47. The fourth-order valence-electron chi connectivity index (χ4n) is 0.747. The third-order valence-corrected chi connectivity index (χ3v) is 2.65. The van der Waals surface area contributed by atoms with E-state index in [1.165, 1.54) is 6.20 Å². The lowest BCUT2D eigenvalue weighted by molar-refractivity contribution is -0.613. The molecule has 0 N–H and O–H groups in total. The van der Waals surface area contributed by atoms with E-state index in [9.17, 15) is 5.21 Å². The van der Waals surface area contributed by atoms with E-state index in [1.807, 2.05) is 6.92 Å². The van der Waals surface area contributed by atoms with E-state index in [-0.39, 0.29) is 0 Å². The molecule has 0 saturated carbocycles. The SMILES string of the molecule is Cc1cc[n+]([O-])c(C)c1Br. The first-order valence-corrected chi connectivity index (χ1v) is 3.77. The zero-order valence-electron chi connectivity index (χ0n) is 5.89. The Balaban J connectivity index is 3.34. The van der Waals surface area contributed by atoms with Crippen LogP contribution in [0.3, 0.4) is 0 Å². The molecule has 0 unspecified atom stereocenters. The molecule has 0 atom stereocenters. The minimum Gasteiger partial charge on any atom is -0.618 e. The minimum atomic E-state index is 0.708. The summed E-state index contributed by atoms with van der Waals surface area (Å²) in [6.07, 6.45) is 1.51. The van der Waals surface area contributed by atoms with Crippen molar-refractivity contribution in [2.45, 2.75) is 13.8 Å². The Morgan fingerprint density at radius 3 is 2.60 bits per heavy atom. The van der Waals surface area contributed by atoms with Crippen molar-refractivity contribution in [3.63, 3.8) is 0 Å². The highest BCUT2D eigenvalue weighted by molar-refractivity contribution is 9.10. The summed E-state index contributed by atoms with van der Waals surface area (Å²) in [6, 6.07) is 1.78. The van der Waals surface area contributed by atoms with Crippen LogP contribution in [0.25, 0.3) is 0 Å². The van der Waals surface area contributed by atoms with Crippen molar-refractivity contribution in [3.8, 4) is 0 Å². The van der Waals surface area contributed by atoms with Gasteiger partial charge in [0.2, 0.25) is 5.69 Å². The van der Waals surface area contributed by atoms with Gasteiger partial charge in [-0.05, 0) is 28.4 Å².